The van der Waals surface area contributed by atoms with E-state index >= 15 is 0 Å². The summed E-state index contributed by atoms with van der Waals surface area (Å²) in [6.07, 6.45) is 2.35. The van der Waals surface area contributed by atoms with Crippen LogP contribution in [0.15, 0.2) is 0 Å². The lowest BCUT2D eigenvalue weighted by molar-refractivity contribution is -0.120. The fourth-order valence-electron chi connectivity index (χ4n) is 1.90. The third-order valence-corrected chi connectivity index (χ3v) is 2.61. The standard InChI is InChI=1S/C9H18N2O/c1-9(2)4-7(5-9)11(3)6-8(10)12/h7H,4-6H2,1-3H3,(H2,10,12). The Morgan fingerprint density at radius 1 is 1.58 bits per heavy atom. The Morgan fingerprint density at radius 2 is 2.08 bits per heavy atom. The SMILES string of the molecule is CN(CC(N)=O)C1CC(C)(C)C1. The van der Waals surface area contributed by atoms with Crippen molar-refractivity contribution in [3.05, 3.63) is 0 Å². The topological polar surface area (TPSA) is 46.3 Å². The number of carbonyl (C=O) groups is 1. The molecule has 3 heteroatoms. The van der Waals surface area contributed by atoms with Gasteiger partial charge in [0.15, 0.2) is 0 Å². The minimum absolute atomic E-state index is 0.234. The molecule has 1 saturated carbocycles. The molecule has 0 aliphatic heterocycles. The van der Waals surface area contributed by atoms with Crippen molar-refractivity contribution in [1.29, 1.82) is 0 Å². The first kappa shape index (κ1) is 9.52. The maximum absolute atomic E-state index is 10.6. The van der Waals surface area contributed by atoms with Crippen molar-refractivity contribution >= 4 is 5.91 Å². The van der Waals surface area contributed by atoms with Gasteiger partial charge >= 0.3 is 0 Å². The number of likely N-dealkylation sites (N-methyl/N-ethyl adjacent to an activating group) is 1. The van der Waals surface area contributed by atoms with Crippen LogP contribution in [0.25, 0.3) is 0 Å². The van der Waals surface area contributed by atoms with E-state index in [-0.39, 0.29) is 5.91 Å². The van der Waals surface area contributed by atoms with Crippen LogP contribution >= 0.6 is 0 Å². The summed E-state index contributed by atoms with van der Waals surface area (Å²) < 4.78 is 0. The second-order valence-corrected chi connectivity index (χ2v) is 4.61. The predicted molar refractivity (Wildman–Crippen MR) is 48.6 cm³/mol. The normalized spacial score (nSPS) is 22.3. The summed E-state index contributed by atoms with van der Waals surface area (Å²) in [4.78, 5) is 12.6. The van der Waals surface area contributed by atoms with E-state index in [0.717, 1.165) is 0 Å². The molecular weight excluding hydrogens is 152 g/mol. The van der Waals surface area contributed by atoms with Gasteiger partial charge in [-0.05, 0) is 25.3 Å². The van der Waals surface area contributed by atoms with E-state index in [1.165, 1.54) is 12.8 Å². The van der Waals surface area contributed by atoms with E-state index in [9.17, 15) is 4.79 Å². The summed E-state index contributed by atoms with van der Waals surface area (Å²) in [6.45, 7) is 4.89. The van der Waals surface area contributed by atoms with Crippen molar-refractivity contribution in [3.8, 4) is 0 Å². The van der Waals surface area contributed by atoms with Crippen LogP contribution in [-0.4, -0.2) is 30.4 Å². The number of hydrogen-bond acceptors (Lipinski definition) is 2. The van der Waals surface area contributed by atoms with Crippen LogP contribution in [0.2, 0.25) is 0 Å². The highest BCUT2D eigenvalue weighted by Crippen LogP contribution is 2.42. The number of nitrogens with two attached hydrogens (primary N) is 1. The van der Waals surface area contributed by atoms with E-state index in [1.54, 1.807) is 0 Å². The summed E-state index contributed by atoms with van der Waals surface area (Å²) in [6, 6.07) is 0.562. The second kappa shape index (κ2) is 3.05. The fraction of sp³-hybridized carbons (Fsp3) is 0.889. The number of amides is 1. The van der Waals surface area contributed by atoms with Gasteiger partial charge in [0, 0.05) is 6.04 Å². The molecule has 1 amide bonds. The van der Waals surface area contributed by atoms with Crippen molar-refractivity contribution < 1.29 is 4.79 Å². The van der Waals surface area contributed by atoms with Gasteiger partial charge in [0.05, 0.1) is 6.54 Å². The molecular formula is C9H18N2O. The highest BCUT2D eigenvalue weighted by Gasteiger charge is 2.38. The summed E-state index contributed by atoms with van der Waals surface area (Å²) >= 11 is 0. The van der Waals surface area contributed by atoms with Crippen molar-refractivity contribution in [2.24, 2.45) is 11.1 Å². The lowest BCUT2D eigenvalue weighted by Gasteiger charge is -2.46. The van der Waals surface area contributed by atoms with Gasteiger partial charge in [0.1, 0.15) is 0 Å². The maximum Gasteiger partial charge on any atom is 0.231 e. The van der Waals surface area contributed by atoms with Gasteiger partial charge in [-0.1, -0.05) is 13.8 Å². The van der Waals surface area contributed by atoms with Crippen molar-refractivity contribution in [2.75, 3.05) is 13.6 Å². The van der Waals surface area contributed by atoms with Gasteiger partial charge in [-0.25, -0.2) is 0 Å². The molecule has 0 spiro atoms. The van der Waals surface area contributed by atoms with E-state index in [4.69, 9.17) is 5.73 Å². The Bertz CT molecular complexity index is 181. The van der Waals surface area contributed by atoms with Gasteiger partial charge in [-0.15, -0.1) is 0 Å². The summed E-state index contributed by atoms with van der Waals surface area (Å²) in [5.74, 6) is -0.234. The monoisotopic (exact) mass is 170 g/mol. The van der Waals surface area contributed by atoms with Crippen molar-refractivity contribution in [1.82, 2.24) is 4.90 Å². The summed E-state index contributed by atoms with van der Waals surface area (Å²) in [5, 5.41) is 0. The smallest absolute Gasteiger partial charge is 0.231 e. The third-order valence-electron chi connectivity index (χ3n) is 2.61. The van der Waals surface area contributed by atoms with Crippen molar-refractivity contribution in [3.63, 3.8) is 0 Å². The van der Waals surface area contributed by atoms with E-state index < -0.39 is 0 Å². The van der Waals surface area contributed by atoms with Gasteiger partial charge in [-0.2, -0.15) is 0 Å². The first-order chi connectivity index (χ1) is 5.41. The van der Waals surface area contributed by atoms with Crippen LogP contribution in [0.1, 0.15) is 26.7 Å². The summed E-state index contributed by atoms with van der Waals surface area (Å²) in [5.41, 5.74) is 5.57. The molecule has 70 valence electrons. The lowest BCUT2D eigenvalue weighted by Crippen LogP contribution is -2.49. The zero-order valence-corrected chi connectivity index (χ0v) is 8.13. The quantitative estimate of drug-likeness (QED) is 0.674. The van der Waals surface area contributed by atoms with Crippen LogP contribution in [0.4, 0.5) is 0 Å². The number of nitrogens with zero attached hydrogens (tertiary/aromatic N) is 1. The Hall–Kier alpha value is -0.570. The molecule has 0 aromatic carbocycles. The number of hydrogen-bond donors (Lipinski definition) is 1. The largest absolute Gasteiger partial charge is 0.369 e. The lowest BCUT2D eigenvalue weighted by atomic mass is 9.68. The maximum atomic E-state index is 10.6. The highest BCUT2D eigenvalue weighted by atomic mass is 16.1. The van der Waals surface area contributed by atoms with Gasteiger partial charge in [0.25, 0.3) is 0 Å². The summed E-state index contributed by atoms with van der Waals surface area (Å²) in [7, 11) is 1.96. The number of carbonyl (C=O) groups excluding carboxylic acids is 1. The van der Waals surface area contributed by atoms with Gasteiger partial charge < -0.3 is 5.73 Å². The molecule has 0 aromatic rings. The molecule has 3 nitrogen and oxygen atoms in total. The fourth-order valence-corrected chi connectivity index (χ4v) is 1.90. The molecule has 0 atom stereocenters. The minimum atomic E-state index is -0.234. The van der Waals surface area contributed by atoms with Crippen molar-refractivity contribution in [2.45, 2.75) is 32.7 Å². The molecule has 1 aliphatic rings. The molecule has 1 fully saturated rings. The van der Waals surface area contributed by atoms with Crippen LogP contribution in [0, 0.1) is 5.41 Å². The van der Waals surface area contributed by atoms with Gasteiger partial charge in [-0.3, -0.25) is 9.69 Å². The third kappa shape index (κ3) is 2.21. The molecule has 2 N–H and O–H groups in total. The molecule has 0 heterocycles. The molecule has 0 unspecified atom stereocenters. The molecule has 1 aliphatic carbocycles. The molecule has 0 radical (unpaired) electrons. The Kier molecular flexibility index (Phi) is 2.42. The number of primary amides is 1. The van der Waals surface area contributed by atoms with E-state index in [2.05, 4.69) is 13.8 Å². The molecule has 1 rings (SSSR count). The van der Waals surface area contributed by atoms with Gasteiger partial charge in [0.2, 0.25) is 5.91 Å². The average molecular weight is 170 g/mol. The highest BCUT2D eigenvalue weighted by molar-refractivity contribution is 5.75. The molecule has 0 saturated heterocycles. The average Bonchev–Trinajstić information content (AvgIpc) is 1.80. The Balaban J connectivity index is 2.28. The minimum Gasteiger partial charge on any atom is -0.369 e. The second-order valence-electron chi connectivity index (χ2n) is 4.61. The zero-order chi connectivity index (χ0) is 9.35. The Morgan fingerprint density at radius 3 is 2.42 bits per heavy atom. The van der Waals surface area contributed by atoms with E-state index in [0.29, 0.717) is 18.0 Å². The zero-order valence-electron chi connectivity index (χ0n) is 8.13. The first-order valence-electron chi connectivity index (χ1n) is 4.39. The van der Waals surface area contributed by atoms with Crippen LogP contribution in [0.5, 0.6) is 0 Å². The predicted octanol–water partition coefficient (Wildman–Crippen LogP) is 0.592. The molecule has 12 heavy (non-hydrogen) atoms. The van der Waals surface area contributed by atoms with Crippen LogP contribution < -0.4 is 5.73 Å². The van der Waals surface area contributed by atoms with Crippen LogP contribution in [0.3, 0.4) is 0 Å². The molecule has 0 bridgehead atoms. The molecule has 0 aromatic heterocycles. The Labute approximate surface area is 73.9 Å². The first-order valence-corrected chi connectivity index (χ1v) is 4.39. The van der Waals surface area contributed by atoms with E-state index in [1.807, 2.05) is 11.9 Å². The number of rotatable bonds is 3. The van der Waals surface area contributed by atoms with Crippen LogP contribution in [-0.2, 0) is 4.79 Å².